The molecule has 1 aromatic carbocycles. The van der Waals surface area contributed by atoms with E-state index in [0.717, 1.165) is 25.7 Å². The van der Waals surface area contributed by atoms with Crippen molar-refractivity contribution < 1.29 is 9.59 Å². The van der Waals surface area contributed by atoms with Crippen LogP contribution in [0.1, 0.15) is 56.8 Å². The maximum absolute atomic E-state index is 12.3. The molecule has 27 heavy (non-hydrogen) atoms. The molecule has 0 saturated carbocycles. The molecule has 1 unspecified atom stereocenters. The molecule has 1 aromatic rings. The first-order valence-corrected chi connectivity index (χ1v) is 10.2. The molecule has 0 aromatic heterocycles. The third-order valence-electron chi connectivity index (χ3n) is 5.48. The Morgan fingerprint density at radius 3 is 2.26 bits per heavy atom. The largest absolute Gasteiger partial charge is 0.352 e. The molecule has 2 N–H and O–H groups in total. The Hall–Kier alpha value is -1.59. The summed E-state index contributed by atoms with van der Waals surface area (Å²) in [5, 5.41) is 6.76. The molecule has 5 nitrogen and oxygen atoms in total. The van der Waals surface area contributed by atoms with Crippen LogP contribution in [0.4, 0.5) is 0 Å². The first-order chi connectivity index (χ1) is 12.7. The first-order valence-electron chi connectivity index (χ1n) is 9.82. The molecule has 2 aliphatic rings. The van der Waals surface area contributed by atoms with Gasteiger partial charge in [-0.15, -0.1) is 0 Å². The van der Waals surface area contributed by atoms with Gasteiger partial charge >= 0.3 is 0 Å². The molecule has 2 fully saturated rings. The topological polar surface area (TPSA) is 61.4 Å². The zero-order chi connectivity index (χ0) is 19.6. The maximum atomic E-state index is 12.3. The van der Waals surface area contributed by atoms with Crippen LogP contribution >= 0.6 is 11.6 Å². The van der Waals surface area contributed by atoms with E-state index in [-0.39, 0.29) is 17.4 Å². The van der Waals surface area contributed by atoms with Crippen molar-refractivity contribution in [2.45, 2.75) is 64.1 Å². The Morgan fingerprint density at radius 1 is 1.11 bits per heavy atom. The van der Waals surface area contributed by atoms with Crippen LogP contribution < -0.4 is 10.6 Å². The van der Waals surface area contributed by atoms with Crippen LogP contribution in [-0.4, -0.2) is 47.4 Å². The second-order valence-electron chi connectivity index (χ2n) is 8.91. The lowest BCUT2D eigenvalue weighted by molar-refractivity contribution is -0.125. The van der Waals surface area contributed by atoms with Gasteiger partial charge in [-0.1, -0.05) is 11.6 Å². The second kappa shape index (κ2) is 8.19. The lowest BCUT2D eigenvalue weighted by atomic mass is 9.90. The van der Waals surface area contributed by atoms with Crippen LogP contribution in [-0.2, 0) is 4.79 Å². The zero-order valence-electron chi connectivity index (χ0n) is 16.4. The monoisotopic (exact) mass is 391 g/mol. The predicted molar refractivity (Wildman–Crippen MR) is 108 cm³/mol. The highest BCUT2D eigenvalue weighted by Gasteiger charge is 2.41. The number of nitrogens with zero attached hydrogens (tertiary/aromatic N) is 1. The van der Waals surface area contributed by atoms with E-state index in [1.54, 1.807) is 24.3 Å². The Bertz CT molecular complexity index is 670. The summed E-state index contributed by atoms with van der Waals surface area (Å²) in [6.45, 7) is 7.20. The lowest BCUT2D eigenvalue weighted by Crippen LogP contribution is -2.52. The zero-order valence-corrected chi connectivity index (χ0v) is 17.2. The Balaban J connectivity index is 1.49. The Morgan fingerprint density at radius 2 is 1.70 bits per heavy atom. The van der Waals surface area contributed by atoms with Gasteiger partial charge in [-0.2, -0.15) is 0 Å². The molecular formula is C21H30ClN3O2. The maximum Gasteiger partial charge on any atom is 0.251 e. The van der Waals surface area contributed by atoms with E-state index < -0.39 is 0 Å². The van der Waals surface area contributed by atoms with Gasteiger partial charge in [0.05, 0.1) is 6.54 Å². The number of hydrogen-bond donors (Lipinski definition) is 2. The van der Waals surface area contributed by atoms with Crippen LogP contribution in [0.25, 0.3) is 0 Å². The van der Waals surface area contributed by atoms with Crippen molar-refractivity contribution in [2.24, 2.45) is 5.92 Å². The molecule has 2 amide bonds. The van der Waals surface area contributed by atoms with Crippen molar-refractivity contribution in [1.29, 1.82) is 0 Å². The molecule has 0 aliphatic carbocycles. The van der Waals surface area contributed by atoms with E-state index in [9.17, 15) is 9.59 Å². The van der Waals surface area contributed by atoms with Crippen LogP contribution in [0.15, 0.2) is 24.3 Å². The van der Waals surface area contributed by atoms with Crippen molar-refractivity contribution >= 4 is 23.4 Å². The molecule has 3 atom stereocenters. The SMILES string of the molecule is CC(C)(C)NC(=O)CN1[C@@H]2CC[C@H]1CC(CNC(=O)c1ccc(Cl)cc1)C2. The highest BCUT2D eigenvalue weighted by atomic mass is 35.5. The van der Waals surface area contributed by atoms with Crippen LogP contribution in [0.2, 0.25) is 5.02 Å². The van der Waals surface area contributed by atoms with E-state index in [1.165, 1.54) is 0 Å². The van der Waals surface area contributed by atoms with E-state index in [0.29, 0.717) is 41.7 Å². The molecule has 148 valence electrons. The van der Waals surface area contributed by atoms with Gasteiger partial charge in [0.2, 0.25) is 5.91 Å². The quantitative estimate of drug-likeness (QED) is 0.810. The van der Waals surface area contributed by atoms with E-state index >= 15 is 0 Å². The highest BCUT2D eigenvalue weighted by molar-refractivity contribution is 6.30. The summed E-state index contributed by atoms with van der Waals surface area (Å²) in [7, 11) is 0. The molecule has 2 saturated heterocycles. The average Bonchev–Trinajstić information content (AvgIpc) is 2.80. The van der Waals surface area contributed by atoms with Gasteiger partial charge in [-0.05, 0) is 76.6 Å². The fourth-order valence-corrected chi connectivity index (χ4v) is 4.50. The first kappa shape index (κ1) is 20.2. The number of fused-ring (bicyclic) bond motifs is 2. The third-order valence-corrected chi connectivity index (χ3v) is 5.73. The molecule has 2 bridgehead atoms. The number of halogens is 1. The number of carbonyl (C=O) groups excluding carboxylic acids is 2. The predicted octanol–water partition coefficient (Wildman–Crippen LogP) is 3.23. The van der Waals surface area contributed by atoms with Gasteiger partial charge < -0.3 is 10.6 Å². The van der Waals surface area contributed by atoms with Gasteiger partial charge in [0, 0.05) is 34.8 Å². The summed E-state index contributed by atoms with van der Waals surface area (Å²) in [5.74, 6) is 0.528. The van der Waals surface area contributed by atoms with Gasteiger partial charge in [0.15, 0.2) is 0 Å². The summed E-state index contributed by atoms with van der Waals surface area (Å²) in [5.41, 5.74) is 0.444. The van der Waals surface area contributed by atoms with Crippen molar-refractivity contribution in [1.82, 2.24) is 15.5 Å². The van der Waals surface area contributed by atoms with Gasteiger partial charge in [0.25, 0.3) is 5.91 Å². The summed E-state index contributed by atoms with van der Waals surface area (Å²) in [6, 6.07) is 7.87. The van der Waals surface area contributed by atoms with Crippen LogP contribution in [0.5, 0.6) is 0 Å². The number of rotatable bonds is 5. The molecular weight excluding hydrogens is 362 g/mol. The molecule has 2 aliphatic heterocycles. The average molecular weight is 392 g/mol. The minimum atomic E-state index is -0.194. The number of hydrogen-bond acceptors (Lipinski definition) is 3. The Labute approximate surface area is 166 Å². The van der Waals surface area contributed by atoms with Gasteiger partial charge in [0.1, 0.15) is 0 Å². The number of benzene rings is 1. The van der Waals surface area contributed by atoms with Gasteiger partial charge in [-0.25, -0.2) is 0 Å². The fraction of sp³-hybridized carbons (Fsp3) is 0.619. The van der Waals surface area contributed by atoms with Crippen molar-refractivity contribution in [3.8, 4) is 0 Å². The molecule has 0 radical (unpaired) electrons. The minimum Gasteiger partial charge on any atom is -0.352 e. The van der Waals surface area contributed by atoms with Crippen LogP contribution in [0, 0.1) is 5.92 Å². The Kier molecular flexibility index (Phi) is 6.11. The lowest BCUT2D eigenvalue weighted by Gasteiger charge is -2.39. The fourth-order valence-electron chi connectivity index (χ4n) is 4.38. The van der Waals surface area contributed by atoms with Crippen molar-refractivity contribution in [3.05, 3.63) is 34.9 Å². The van der Waals surface area contributed by atoms with Gasteiger partial charge in [-0.3, -0.25) is 14.5 Å². The van der Waals surface area contributed by atoms with Crippen molar-refractivity contribution in [3.63, 3.8) is 0 Å². The molecule has 6 heteroatoms. The van der Waals surface area contributed by atoms with Crippen molar-refractivity contribution in [2.75, 3.05) is 13.1 Å². The number of amides is 2. The van der Waals surface area contributed by atoms with Crippen LogP contribution in [0.3, 0.4) is 0 Å². The van der Waals surface area contributed by atoms with E-state index in [1.807, 2.05) is 20.8 Å². The summed E-state index contributed by atoms with van der Waals surface area (Å²) in [4.78, 5) is 27.0. The highest BCUT2D eigenvalue weighted by Crippen LogP contribution is 2.38. The number of carbonyl (C=O) groups is 2. The normalized spacial score (nSPS) is 25.3. The minimum absolute atomic E-state index is 0.0500. The smallest absolute Gasteiger partial charge is 0.251 e. The molecule has 2 heterocycles. The molecule has 3 rings (SSSR count). The summed E-state index contributed by atoms with van der Waals surface area (Å²) >= 11 is 5.87. The van der Waals surface area contributed by atoms with E-state index in [2.05, 4.69) is 15.5 Å². The van der Waals surface area contributed by atoms with E-state index in [4.69, 9.17) is 11.6 Å². The second-order valence-corrected chi connectivity index (χ2v) is 9.35. The summed E-state index contributed by atoms with van der Waals surface area (Å²) < 4.78 is 0. The standard InChI is InChI=1S/C21H30ClN3O2/c1-21(2,3)24-19(26)13-25-17-8-9-18(25)11-14(10-17)12-23-20(27)15-4-6-16(22)7-5-15/h4-7,14,17-18H,8-13H2,1-3H3,(H,23,27)(H,24,26)/t14?,17-,18+. The number of piperidine rings is 1. The third kappa shape index (κ3) is 5.45. The number of nitrogens with one attached hydrogen (secondary N) is 2. The molecule has 0 spiro atoms. The summed E-state index contributed by atoms with van der Waals surface area (Å²) in [6.07, 6.45) is 4.38.